The lowest BCUT2D eigenvalue weighted by atomic mass is 9.91. The first-order chi connectivity index (χ1) is 23.3. The van der Waals surface area contributed by atoms with Crippen molar-refractivity contribution < 1.29 is 0 Å². The van der Waals surface area contributed by atoms with E-state index < -0.39 is 0 Å². The van der Waals surface area contributed by atoms with Crippen molar-refractivity contribution in [2.75, 3.05) is 0 Å². The Kier molecular flexibility index (Phi) is 5.57. The summed E-state index contributed by atoms with van der Waals surface area (Å²) in [7, 11) is 0. The molecule has 10 aromatic rings. The maximum atomic E-state index is 5.08. The van der Waals surface area contributed by atoms with Crippen molar-refractivity contribution in [1.82, 2.24) is 14.5 Å². The van der Waals surface area contributed by atoms with Gasteiger partial charge < -0.3 is 4.57 Å². The number of rotatable bonds is 3. The molecule has 0 spiro atoms. The molecule has 0 aliphatic heterocycles. The monoisotopic (exact) mass is 597 g/mol. The Morgan fingerprint density at radius 2 is 0.936 bits per heavy atom. The number of nitrogens with zero attached hydrogens (tertiary/aromatic N) is 3. The van der Waals surface area contributed by atoms with Gasteiger partial charge in [0.15, 0.2) is 0 Å². The van der Waals surface area contributed by atoms with Gasteiger partial charge in [-0.05, 0) is 104 Å². The van der Waals surface area contributed by atoms with Crippen molar-refractivity contribution in [3.05, 3.63) is 164 Å². The fourth-order valence-electron chi connectivity index (χ4n) is 7.46. The molecule has 3 heterocycles. The Morgan fingerprint density at radius 1 is 0.362 bits per heavy atom. The van der Waals surface area contributed by atoms with Gasteiger partial charge in [-0.2, -0.15) is 0 Å². The molecule has 3 heteroatoms. The van der Waals surface area contributed by atoms with Gasteiger partial charge in [0.05, 0.1) is 27.8 Å². The van der Waals surface area contributed by atoms with Gasteiger partial charge in [0.2, 0.25) is 0 Å². The third-order valence-corrected chi connectivity index (χ3v) is 9.59. The minimum atomic E-state index is 0.887. The van der Waals surface area contributed by atoms with Crippen molar-refractivity contribution in [2.45, 2.75) is 0 Å². The fraction of sp³-hybridized carbons (Fsp3) is 0. The van der Waals surface area contributed by atoms with Crippen LogP contribution in [0.15, 0.2) is 164 Å². The van der Waals surface area contributed by atoms with Crippen molar-refractivity contribution in [3.63, 3.8) is 0 Å². The molecule has 0 atom stereocenters. The highest BCUT2D eigenvalue weighted by molar-refractivity contribution is 6.25. The summed E-state index contributed by atoms with van der Waals surface area (Å²) in [5.41, 5.74) is 9.55. The van der Waals surface area contributed by atoms with Crippen LogP contribution in [-0.4, -0.2) is 14.5 Å². The molecule has 218 valence electrons. The first-order valence-electron chi connectivity index (χ1n) is 16.0. The van der Waals surface area contributed by atoms with Gasteiger partial charge in [0, 0.05) is 28.2 Å². The van der Waals surface area contributed by atoms with Gasteiger partial charge in [-0.3, -0.25) is 4.98 Å². The highest BCUT2D eigenvalue weighted by atomic mass is 15.0. The molecule has 0 unspecified atom stereocenters. The van der Waals surface area contributed by atoms with Crippen molar-refractivity contribution >= 4 is 65.2 Å². The van der Waals surface area contributed by atoms with E-state index in [2.05, 4.69) is 155 Å². The number of hydrogen-bond acceptors (Lipinski definition) is 2. The van der Waals surface area contributed by atoms with Crippen LogP contribution in [0.3, 0.4) is 0 Å². The molecule has 0 fully saturated rings. The molecule has 10 rings (SSSR count). The zero-order chi connectivity index (χ0) is 30.9. The van der Waals surface area contributed by atoms with Gasteiger partial charge in [-0.15, -0.1) is 0 Å². The van der Waals surface area contributed by atoms with Gasteiger partial charge in [-0.1, -0.05) is 97.1 Å². The summed E-state index contributed by atoms with van der Waals surface area (Å²) in [6, 6.07) is 56.8. The largest absolute Gasteiger partial charge is 0.309 e. The van der Waals surface area contributed by atoms with E-state index in [9.17, 15) is 0 Å². The van der Waals surface area contributed by atoms with E-state index >= 15 is 0 Å². The molecule has 0 N–H and O–H groups in total. The molecule has 0 saturated heterocycles. The highest BCUT2D eigenvalue weighted by Crippen LogP contribution is 2.39. The van der Waals surface area contributed by atoms with Crippen molar-refractivity contribution in [3.8, 4) is 28.1 Å². The fourth-order valence-corrected chi connectivity index (χ4v) is 7.46. The molecule has 0 amide bonds. The predicted molar refractivity (Wildman–Crippen MR) is 197 cm³/mol. The molecule has 0 bridgehead atoms. The van der Waals surface area contributed by atoms with Crippen LogP contribution in [0.1, 0.15) is 0 Å². The Labute approximate surface area is 271 Å². The van der Waals surface area contributed by atoms with Crippen LogP contribution in [-0.2, 0) is 0 Å². The maximum Gasteiger partial charge on any atom is 0.0894 e. The minimum Gasteiger partial charge on any atom is -0.309 e. The summed E-state index contributed by atoms with van der Waals surface area (Å²) >= 11 is 0. The topological polar surface area (TPSA) is 30.7 Å². The Morgan fingerprint density at radius 3 is 1.62 bits per heavy atom. The third kappa shape index (κ3) is 4.00. The molecule has 7 aromatic carbocycles. The Hall–Kier alpha value is -6.32. The van der Waals surface area contributed by atoms with E-state index in [1.54, 1.807) is 0 Å². The molecule has 3 nitrogen and oxygen atoms in total. The predicted octanol–water partition coefficient (Wildman–Crippen LogP) is 11.5. The first-order valence-corrected chi connectivity index (χ1v) is 16.0. The van der Waals surface area contributed by atoms with Crippen LogP contribution < -0.4 is 0 Å². The van der Waals surface area contributed by atoms with Gasteiger partial charge >= 0.3 is 0 Å². The minimum absolute atomic E-state index is 0.887. The van der Waals surface area contributed by atoms with E-state index in [0.29, 0.717) is 0 Å². The van der Waals surface area contributed by atoms with Crippen molar-refractivity contribution in [1.29, 1.82) is 0 Å². The van der Waals surface area contributed by atoms with Crippen LogP contribution in [0.2, 0.25) is 0 Å². The maximum absolute atomic E-state index is 5.08. The zero-order valence-electron chi connectivity index (χ0n) is 25.4. The summed E-state index contributed by atoms with van der Waals surface area (Å²) in [4.78, 5) is 9.60. The summed E-state index contributed by atoms with van der Waals surface area (Å²) < 4.78 is 2.39. The smallest absolute Gasteiger partial charge is 0.0894 e. The zero-order valence-corrected chi connectivity index (χ0v) is 25.4. The van der Waals surface area contributed by atoms with Gasteiger partial charge in [0.25, 0.3) is 0 Å². The van der Waals surface area contributed by atoms with Crippen LogP contribution in [0, 0.1) is 0 Å². The SMILES string of the molecule is c1cnc2ccc(-c3cc(-c4ccc5c6ccccc6c6ccccc6c5c4)cc(-n4c5ccccc5c5ccccc54)c3)nc2c1. The van der Waals surface area contributed by atoms with E-state index in [0.717, 1.165) is 33.5 Å². The lowest BCUT2D eigenvalue weighted by Crippen LogP contribution is -1.97. The second kappa shape index (κ2) is 10.1. The highest BCUT2D eigenvalue weighted by Gasteiger charge is 2.16. The van der Waals surface area contributed by atoms with E-state index in [4.69, 9.17) is 4.98 Å². The summed E-state index contributed by atoms with van der Waals surface area (Å²) in [6.07, 6.45) is 1.82. The van der Waals surface area contributed by atoms with E-state index in [-0.39, 0.29) is 0 Å². The second-order valence-electron chi connectivity index (χ2n) is 12.2. The van der Waals surface area contributed by atoms with Gasteiger partial charge in [0.1, 0.15) is 0 Å². The average Bonchev–Trinajstić information content (AvgIpc) is 3.49. The van der Waals surface area contributed by atoms with Crippen molar-refractivity contribution in [2.24, 2.45) is 0 Å². The summed E-state index contributed by atoms with van der Waals surface area (Å²) in [6.45, 7) is 0. The quantitative estimate of drug-likeness (QED) is 0.190. The lowest BCUT2D eigenvalue weighted by molar-refractivity contribution is 1.18. The van der Waals surface area contributed by atoms with Crippen LogP contribution in [0.4, 0.5) is 0 Å². The number of para-hydroxylation sites is 2. The molecule has 0 saturated carbocycles. The molecule has 0 radical (unpaired) electrons. The molecule has 0 aliphatic rings. The molecule has 0 aliphatic carbocycles. The Balaban J connectivity index is 1.28. The summed E-state index contributed by atoms with van der Waals surface area (Å²) in [5.74, 6) is 0. The second-order valence-corrected chi connectivity index (χ2v) is 12.2. The number of pyridine rings is 2. The number of fused-ring (bicyclic) bond motifs is 10. The summed E-state index contributed by atoms with van der Waals surface area (Å²) in [5, 5.41) is 10.1. The first kappa shape index (κ1) is 26.0. The van der Waals surface area contributed by atoms with E-state index in [1.165, 1.54) is 59.7 Å². The van der Waals surface area contributed by atoms with Crippen LogP contribution in [0.5, 0.6) is 0 Å². The van der Waals surface area contributed by atoms with Gasteiger partial charge in [-0.25, -0.2) is 4.98 Å². The van der Waals surface area contributed by atoms with Crippen LogP contribution >= 0.6 is 0 Å². The lowest BCUT2D eigenvalue weighted by Gasteiger charge is -2.15. The molecular weight excluding hydrogens is 571 g/mol. The van der Waals surface area contributed by atoms with Crippen LogP contribution in [0.25, 0.3) is 93.2 Å². The number of aromatic nitrogens is 3. The van der Waals surface area contributed by atoms with E-state index in [1.807, 2.05) is 18.3 Å². The normalized spacial score (nSPS) is 11.8. The number of benzene rings is 7. The third-order valence-electron chi connectivity index (χ3n) is 9.59. The molecule has 47 heavy (non-hydrogen) atoms. The standard InChI is InChI=1S/C44H27N3/c1-2-12-34-32(10-1)33-11-3-4-13-35(33)39-27-28(19-20-36(34)39)29-24-30(40-21-22-41-42(46-40)16-9-23-45-41)26-31(25-29)47-43-17-7-5-14-37(43)38-15-6-8-18-44(38)47/h1-27H. The number of hydrogen-bond donors (Lipinski definition) is 0. The molecule has 3 aromatic heterocycles. The molecular formula is C44H27N3. The Bertz CT molecular complexity index is 2770. The average molecular weight is 598 g/mol.